The molecule has 4 heteroatoms. The minimum Gasteiger partial charge on any atom is -0.490 e. The Kier molecular flexibility index (Phi) is 6.50. The van der Waals surface area contributed by atoms with Gasteiger partial charge in [-0.15, -0.1) is 0 Å². The Hall–Kier alpha value is -1.42. The molecule has 0 aromatic heterocycles. The highest BCUT2D eigenvalue weighted by Gasteiger charge is 2.20. The van der Waals surface area contributed by atoms with Crippen LogP contribution < -0.4 is 19.9 Å². The van der Waals surface area contributed by atoms with Gasteiger partial charge in [0.25, 0.3) is 0 Å². The first-order valence-electron chi connectivity index (χ1n) is 7.00. The zero-order chi connectivity index (χ0) is 14.3. The van der Waals surface area contributed by atoms with E-state index in [9.17, 15) is 0 Å². The third-order valence-corrected chi connectivity index (χ3v) is 2.82. The van der Waals surface area contributed by atoms with Crippen LogP contribution in [0.15, 0.2) is 12.1 Å². The molecule has 1 aromatic carbocycles. The second kappa shape index (κ2) is 7.89. The lowest BCUT2D eigenvalue weighted by Gasteiger charge is -2.21. The Morgan fingerprint density at radius 2 is 1.47 bits per heavy atom. The van der Waals surface area contributed by atoms with Crippen molar-refractivity contribution in [1.82, 2.24) is 0 Å². The Morgan fingerprint density at radius 3 is 2.00 bits per heavy atom. The van der Waals surface area contributed by atoms with Gasteiger partial charge in [-0.1, -0.05) is 6.92 Å². The maximum Gasteiger partial charge on any atom is 0.203 e. The molecule has 1 rings (SSSR count). The summed E-state index contributed by atoms with van der Waals surface area (Å²) in [6.07, 6.45) is 0.847. The lowest BCUT2D eigenvalue weighted by molar-refractivity contribution is 0.258. The molecule has 2 N–H and O–H groups in total. The zero-order valence-electron chi connectivity index (χ0n) is 12.4. The molecule has 0 saturated carbocycles. The van der Waals surface area contributed by atoms with Gasteiger partial charge in [0.05, 0.1) is 19.8 Å². The van der Waals surface area contributed by atoms with Crippen molar-refractivity contribution in [1.29, 1.82) is 0 Å². The summed E-state index contributed by atoms with van der Waals surface area (Å²) in [7, 11) is 0. The minimum absolute atomic E-state index is 0.0589. The lowest BCUT2D eigenvalue weighted by Crippen LogP contribution is -2.12. The Morgan fingerprint density at radius 1 is 0.895 bits per heavy atom. The third kappa shape index (κ3) is 3.77. The van der Waals surface area contributed by atoms with Crippen LogP contribution in [0, 0.1) is 0 Å². The second-order valence-electron chi connectivity index (χ2n) is 4.12. The van der Waals surface area contributed by atoms with Gasteiger partial charge in [-0.05, 0) is 39.3 Å². The molecule has 0 heterocycles. The minimum atomic E-state index is -0.0589. The van der Waals surface area contributed by atoms with E-state index in [4.69, 9.17) is 19.9 Å². The molecule has 0 aliphatic carbocycles. The van der Waals surface area contributed by atoms with E-state index in [1.807, 2.05) is 32.9 Å². The number of ether oxygens (including phenoxy) is 3. The molecule has 4 nitrogen and oxygen atoms in total. The molecule has 0 spiro atoms. The Balaban J connectivity index is 3.30. The van der Waals surface area contributed by atoms with E-state index < -0.39 is 0 Å². The van der Waals surface area contributed by atoms with E-state index >= 15 is 0 Å². The van der Waals surface area contributed by atoms with Gasteiger partial charge < -0.3 is 19.9 Å². The molecule has 0 fully saturated rings. The maximum absolute atomic E-state index is 6.14. The summed E-state index contributed by atoms with van der Waals surface area (Å²) in [5, 5.41) is 0. The monoisotopic (exact) mass is 267 g/mol. The van der Waals surface area contributed by atoms with Crippen LogP contribution in [-0.2, 0) is 0 Å². The van der Waals surface area contributed by atoms with Gasteiger partial charge in [0.1, 0.15) is 0 Å². The largest absolute Gasteiger partial charge is 0.490 e. The number of hydrogen-bond acceptors (Lipinski definition) is 4. The molecule has 0 aliphatic heterocycles. The quantitative estimate of drug-likeness (QED) is 0.785. The van der Waals surface area contributed by atoms with E-state index in [2.05, 4.69) is 6.92 Å². The predicted octanol–water partition coefficient (Wildman–Crippen LogP) is 3.29. The molecule has 0 amide bonds. The highest BCUT2D eigenvalue weighted by atomic mass is 16.5. The molecular formula is C15H25NO3. The van der Waals surface area contributed by atoms with Crippen LogP contribution in [0.3, 0.4) is 0 Å². The van der Waals surface area contributed by atoms with Crippen LogP contribution in [0.1, 0.15) is 45.7 Å². The molecule has 0 aliphatic rings. The molecule has 19 heavy (non-hydrogen) atoms. The molecule has 108 valence electrons. The van der Waals surface area contributed by atoms with Gasteiger partial charge in [0.2, 0.25) is 5.75 Å². The SMILES string of the molecule is CCOc1ccc(C(N)CC)c(OCC)c1OCC. The van der Waals surface area contributed by atoms with Crippen LogP contribution >= 0.6 is 0 Å². The highest BCUT2D eigenvalue weighted by Crippen LogP contribution is 2.42. The molecule has 0 radical (unpaired) electrons. The number of hydrogen-bond donors (Lipinski definition) is 1. The fourth-order valence-corrected chi connectivity index (χ4v) is 1.92. The molecule has 1 atom stereocenters. The third-order valence-electron chi connectivity index (χ3n) is 2.82. The van der Waals surface area contributed by atoms with E-state index in [1.165, 1.54) is 0 Å². The van der Waals surface area contributed by atoms with Gasteiger partial charge >= 0.3 is 0 Å². The van der Waals surface area contributed by atoms with Gasteiger partial charge in [0, 0.05) is 11.6 Å². The van der Waals surface area contributed by atoms with Crippen molar-refractivity contribution in [3.63, 3.8) is 0 Å². The van der Waals surface area contributed by atoms with Gasteiger partial charge in [-0.3, -0.25) is 0 Å². The topological polar surface area (TPSA) is 53.7 Å². The first-order chi connectivity index (χ1) is 9.19. The second-order valence-corrected chi connectivity index (χ2v) is 4.12. The fraction of sp³-hybridized carbons (Fsp3) is 0.600. The maximum atomic E-state index is 6.14. The van der Waals surface area contributed by atoms with E-state index in [-0.39, 0.29) is 6.04 Å². The summed E-state index contributed by atoms with van der Waals surface area (Å²) in [5.74, 6) is 2.08. The van der Waals surface area contributed by atoms with Crippen LogP contribution in [0.25, 0.3) is 0 Å². The van der Waals surface area contributed by atoms with Crippen molar-refractivity contribution in [3.05, 3.63) is 17.7 Å². The molecular weight excluding hydrogens is 242 g/mol. The number of benzene rings is 1. The molecule has 1 aromatic rings. The van der Waals surface area contributed by atoms with Crippen molar-refractivity contribution < 1.29 is 14.2 Å². The van der Waals surface area contributed by atoms with E-state index in [0.29, 0.717) is 37.1 Å². The molecule has 0 bridgehead atoms. The van der Waals surface area contributed by atoms with Crippen molar-refractivity contribution in [2.45, 2.75) is 40.2 Å². The zero-order valence-corrected chi connectivity index (χ0v) is 12.4. The van der Waals surface area contributed by atoms with Crippen LogP contribution in [-0.4, -0.2) is 19.8 Å². The van der Waals surface area contributed by atoms with Crippen molar-refractivity contribution in [2.75, 3.05) is 19.8 Å². The van der Waals surface area contributed by atoms with E-state index in [0.717, 1.165) is 12.0 Å². The van der Waals surface area contributed by atoms with Crippen LogP contribution in [0.2, 0.25) is 0 Å². The molecule has 0 saturated heterocycles. The summed E-state index contributed by atoms with van der Waals surface area (Å²) in [4.78, 5) is 0. The molecule has 1 unspecified atom stereocenters. The average Bonchev–Trinajstić information content (AvgIpc) is 2.42. The normalized spacial score (nSPS) is 12.1. The van der Waals surface area contributed by atoms with Gasteiger partial charge in [-0.25, -0.2) is 0 Å². The first kappa shape index (κ1) is 15.6. The van der Waals surface area contributed by atoms with Crippen molar-refractivity contribution >= 4 is 0 Å². The first-order valence-corrected chi connectivity index (χ1v) is 7.00. The summed E-state index contributed by atoms with van der Waals surface area (Å²) in [6.45, 7) is 9.61. The summed E-state index contributed by atoms with van der Waals surface area (Å²) in [6, 6.07) is 3.81. The predicted molar refractivity (Wildman–Crippen MR) is 77.2 cm³/mol. The highest BCUT2D eigenvalue weighted by molar-refractivity contribution is 5.56. The number of rotatable bonds is 8. The lowest BCUT2D eigenvalue weighted by atomic mass is 10.0. The van der Waals surface area contributed by atoms with Gasteiger partial charge in [0.15, 0.2) is 11.5 Å². The summed E-state index contributed by atoms with van der Waals surface area (Å²) >= 11 is 0. The summed E-state index contributed by atoms with van der Waals surface area (Å²) in [5.41, 5.74) is 7.11. The fourth-order valence-electron chi connectivity index (χ4n) is 1.92. The van der Waals surface area contributed by atoms with Crippen LogP contribution in [0.5, 0.6) is 17.2 Å². The van der Waals surface area contributed by atoms with Crippen molar-refractivity contribution in [3.8, 4) is 17.2 Å². The van der Waals surface area contributed by atoms with E-state index in [1.54, 1.807) is 0 Å². The smallest absolute Gasteiger partial charge is 0.203 e. The number of nitrogens with two attached hydrogens (primary N) is 1. The Labute approximate surface area is 115 Å². The van der Waals surface area contributed by atoms with Gasteiger partial charge in [-0.2, -0.15) is 0 Å². The standard InChI is InChI=1S/C15H25NO3/c1-5-12(16)11-9-10-13(17-6-2)15(19-8-4)14(11)18-7-3/h9-10,12H,5-8,16H2,1-4H3. The summed E-state index contributed by atoms with van der Waals surface area (Å²) < 4.78 is 17.0. The average molecular weight is 267 g/mol. The Bertz CT molecular complexity index is 393. The van der Waals surface area contributed by atoms with Crippen LogP contribution in [0.4, 0.5) is 0 Å². The van der Waals surface area contributed by atoms with Crippen molar-refractivity contribution in [2.24, 2.45) is 5.73 Å².